The molecule has 0 saturated heterocycles. The van der Waals surface area contributed by atoms with E-state index in [4.69, 9.17) is 0 Å². The first-order valence-electron chi connectivity index (χ1n) is 7.39. The predicted molar refractivity (Wildman–Crippen MR) is 82.5 cm³/mol. The predicted octanol–water partition coefficient (Wildman–Crippen LogP) is 0.999. The summed E-state index contributed by atoms with van der Waals surface area (Å²) < 4.78 is 0. The minimum atomic E-state index is -0.0280. The van der Waals surface area contributed by atoms with E-state index in [0.29, 0.717) is 17.8 Å². The zero-order chi connectivity index (χ0) is 15.4. The Bertz CT molecular complexity index is 472. The quantitative estimate of drug-likeness (QED) is 0.780. The molecule has 1 aliphatic carbocycles. The molecule has 1 aromatic rings. The molecule has 7 nitrogen and oxygen atoms in total. The van der Waals surface area contributed by atoms with Crippen LogP contribution in [-0.4, -0.2) is 48.0 Å². The van der Waals surface area contributed by atoms with Crippen molar-refractivity contribution in [1.82, 2.24) is 20.3 Å². The molecule has 1 fully saturated rings. The van der Waals surface area contributed by atoms with Gasteiger partial charge in [-0.25, -0.2) is 0 Å². The lowest BCUT2D eigenvalue weighted by atomic mass is 10.2. The zero-order valence-electron chi connectivity index (χ0n) is 13.2. The molecular formula is C14H24N6O. The van der Waals surface area contributed by atoms with Crippen LogP contribution < -0.4 is 15.5 Å². The van der Waals surface area contributed by atoms with Crippen LogP contribution in [0.1, 0.15) is 38.4 Å². The second kappa shape index (κ2) is 6.69. The zero-order valence-corrected chi connectivity index (χ0v) is 13.2. The summed E-state index contributed by atoms with van der Waals surface area (Å²) >= 11 is 0. The Balaban J connectivity index is 1.95. The van der Waals surface area contributed by atoms with Crippen molar-refractivity contribution in [1.29, 1.82) is 0 Å². The van der Waals surface area contributed by atoms with E-state index in [1.807, 2.05) is 32.8 Å². The topological polar surface area (TPSA) is 83.0 Å². The van der Waals surface area contributed by atoms with Crippen molar-refractivity contribution in [2.75, 3.05) is 37.4 Å². The minimum absolute atomic E-state index is 0.0280. The first-order chi connectivity index (χ1) is 9.95. The molecule has 116 valence electrons. The fourth-order valence-corrected chi connectivity index (χ4v) is 1.72. The van der Waals surface area contributed by atoms with E-state index in [1.54, 1.807) is 0 Å². The van der Waals surface area contributed by atoms with E-state index < -0.39 is 0 Å². The van der Waals surface area contributed by atoms with Crippen LogP contribution in [0.5, 0.6) is 0 Å². The molecule has 0 bridgehead atoms. The number of nitrogens with one attached hydrogen (secondary N) is 2. The first kappa shape index (κ1) is 15.5. The summed E-state index contributed by atoms with van der Waals surface area (Å²) in [4.78, 5) is 26.6. The maximum Gasteiger partial charge on any atom is 0.239 e. The Hall–Kier alpha value is -1.92. The van der Waals surface area contributed by atoms with E-state index >= 15 is 0 Å². The molecule has 21 heavy (non-hydrogen) atoms. The first-order valence-corrected chi connectivity index (χ1v) is 7.39. The summed E-state index contributed by atoms with van der Waals surface area (Å²) in [5.74, 6) is 2.61. The molecule has 2 rings (SSSR count). The van der Waals surface area contributed by atoms with E-state index in [1.165, 1.54) is 12.8 Å². The standard InChI is InChI=1S/C14H24N6O/c1-9(2)12-17-13(19-14(18-12)20(3)4)16-8-11(21)15-7-10-5-6-10/h9-10H,5-8H2,1-4H3,(H,15,21)(H,16,17,18,19). The van der Waals surface area contributed by atoms with Gasteiger partial charge in [0.25, 0.3) is 0 Å². The smallest absolute Gasteiger partial charge is 0.239 e. The van der Waals surface area contributed by atoms with Crippen LogP contribution >= 0.6 is 0 Å². The molecule has 2 N–H and O–H groups in total. The van der Waals surface area contributed by atoms with Crippen LogP contribution in [0.25, 0.3) is 0 Å². The third-order valence-electron chi connectivity index (χ3n) is 3.25. The number of rotatable bonds is 7. The molecule has 0 radical (unpaired) electrons. The average molecular weight is 292 g/mol. The number of hydrogen-bond donors (Lipinski definition) is 2. The summed E-state index contributed by atoms with van der Waals surface area (Å²) in [7, 11) is 3.76. The number of aromatic nitrogens is 3. The second-order valence-electron chi connectivity index (χ2n) is 5.97. The molecule has 0 aliphatic heterocycles. The normalized spacial score (nSPS) is 14.1. The van der Waals surface area contributed by atoms with Gasteiger partial charge in [-0.15, -0.1) is 0 Å². The third-order valence-corrected chi connectivity index (χ3v) is 3.25. The van der Waals surface area contributed by atoms with Gasteiger partial charge < -0.3 is 15.5 Å². The molecule has 0 atom stereocenters. The molecular weight excluding hydrogens is 268 g/mol. The van der Waals surface area contributed by atoms with Gasteiger partial charge in [0.15, 0.2) is 0 Å². The van der Waals surface area contributed by atoms with Crippen molar-refractivity contribution in [2.45, 2.75) is 32.6 Å². The molecule has 0 aromatic carbocycles. The van der Waals surface area contributed by atoms with E-state index in [-0.39, 0.29) is 18.4 Å². The highest BCUT2D eigenvalue weighted by Gasteiger charge is 2.21. The Morgan fingerprint density at radius 1 is 1.29 bits per heavy atom. The van der Waals surface area contributed by atoms with E-state index in [2.05, 4.69) is 25.6 Å². The number of hydrogen-bond acceptors (Lipinski definition) is 6. The van der Waals surface area contributed by atoms with Gasteiger partial charge in [-0.2, -0.15) is 15.0 Å². The van der Waals surface area contributed by atoms with Crippen molar-refractivity contribution in [3.8, 4) is 0 Å². The molecule has 0 spiro atoms. The third kappa shape index (κ3) is 4.84. The molecule has 1 heterocycles. The number of carbonyl (C=O) groups is 1. The van der Waals surface area contributed by atoms with Gasteiger partial charge in [0.1, 0.15) is 5.82 Å². The number of nitrogens with zero attached hydrogens (tertiary/aromatic N) is 4. The minimum Gasteiger partial charge on any atom is -0.354 e. The molecule has 7 heteroatoms. The van der Waals surface area contributed by atoms with Crippen LogP contribution in [0, 0.1) is 5.92 Å². The number of anilines is 2. The fourth-order valence-electron chi connectivity index (χ4n) is 1.72. The largest absolute Gasteiger partial charge is 0.354 e. The summed E-state index contributed by atoms with van der Waals surface area (Å²) in [5.41, 5.74) is 0. The summed E-state index contributed by atoms with van der Waals surface area (Å²) in [6.07, 6.45) is 2.45. The van der Waals surface area contributed by atoms with Crippen LogP contribution in [0.2, 0.25) is 0 Å². The van der Waals surface area contributed by atoms with E-state index in [9.17, 15) is 4.79 Å². The Labute approximate surface area is 125 Å². The second-order valence-corrected chi connectivity index (χ2v) is 5.97. The van der Waals surface area contributed by atoms with Gasteiger partial charge in [0, 0.05) is 26.6 Å². The highest BCUT2D eigenvalue weighted by molar-refractivity contribution is 5.80. The van der Waals surface area contributed by atoms with Crippen LogP contribution in [0.3, 0.4) is 0 Å². The van der Waals surface area contributed by atoms with Gasteiger partial charge >= 0.3 is 0 Å². The molecule has 1 amide bonds. The lowest BCUT2D eigenvalue weighted by Gasteiger charge is -2.14. The highest BCUT2D eigenvalue weighted by Crippen LogP contribution is 2.27. The number of carbonyl (C=O) groups excluding carboxylic acids is 1. The molecule has 0 unspecified atom stereocenters. The SMILES string of the molecule is CC(C)c1nc(NCC(=O)NCC2CC2)nc(N(C)C)n1. The van der Waals surface area contributed by atoms with Crippen molar-refractivity contribution >= 4 is 17.8 Å². The Kier molecular flexibility index (Phi) is 4.93. The Morgan fingerprint density at radius 3 is 2.57 bits per heavy atom. The van der Waals surface area contributed by atoms with E-state index in [0.717, 1.165) is 12.4 Å². The van der Waals surface area contributed by atoms with Crippen LogP contribution in [0.4, 0.5) is 11.9 Å². The van der Waals surface area contributed by atoms with Crippen molar-refractivity contribution in [2.24, 2.45) is 5.92 Å². The van der Waals surface area contributed by atoms with Gasteiger partial charge in [-0.3, -0.25) is 4.79 Å². The van der Waals surface area contributed by atoms with Crippen molar-refractivity contribution < 1.29 is 4.79 Å². The monoisotopic (exact) mass is 292 g/mol. The van der Waals surface area contributed by atoms with Gasteiger partial charge in [-0.05, 0) is 18.8 Å². The summed E-state index contributed by atoms with van der Waals surface area (Å²) in [5, 5.41) is 5.88. The lowest BCUT2D eigenvalue weighted by molar-refractivity contribution is -0.119. The molecule has 1 saturated carbocycles. The van der Waals surface area contributed by atoms with Crippen LogP contribution in [0.15, 0.2) is 0 Å². The average Bonchev–Trinajstić information content (AvgIpc) is 3.26. The Morgan fingerprint density at radius 2 is 2.00 bits per heavy atom. The maximum atomic E-state index is 11.7. The number of amides is 1. The molecule has 1 aromatic heterocycles. The summed E-state index contributed by atoms with van der Waals surface area (Å²) in [6.45, 7) is 5.01. The maximum absolute atomic E-state index is 11.7. The fraction of sp³-hybridized carbons (Fsp3) is 0.714. The van der Waals surface area contributed by atoms with Gasteiger partial charge in [0.2, 0.25) is 17.8 Å². The van der Waals surface area contributed by atoms with Crippen molar-refractivity contribution in [3.05, 3.63) is 5.82 Å². The van der Waals surface area contributed by atoms with Gasteiger partial charge in [-0.1, -0.05) is 13.8 Å². The summed E-state index contributed by atoms with van der Waals surface area (Å²) in [6, 6.07) is 0. The lowest BCUT2D eigenvalue weighted by Crippen LogP contribution is -2.32. The van der Waals surface area contributed by atoms with Crippen LogP contribution in [-0.2, 0) is 4.79 Å². The molecule has 1 aliphatic rings. The van der Waals surface area contributed by atoms with Crippen molar-refractivity contribution in [3.63, 3.8) is 0 Å². The highest BCUT2D eigenvalue weighted by atomic mass is 16.1. The van der Waals surface area contributed by atoms with Gasteiger partial charge in [0.05, 0.1) is 6.54 Å².